The molecule has 4 rings (SSSR count). The normalized spacial score (nSPS) is 18.3. The number of benzene rings is 3. The van der Waals surface area contributed by atoms with Crippen LogP contribution in [0.1, 0.15) is 92.9 Å². The fourth-order valence-corrected chi connectivity index (χ4v) is 5.37. The standard InChI is InChI=1S/C31H35F3/c1-3-5-7-25-16-17-26(20-29(25)32)22-12-14-24(15-13-22)28-19-18-27(30(33)31(28)34)23-10-8-21(6-4-2)9-11-23/h8-11,16-20,22,24H,3-7,12-15H2,1-2H3. The molecule has 0 saturated heterocycles. The van der Waals surface area contributed by atoms with E-state index < -0.39 is 11.6 Å². The van der Waals surface area contributed by atoms with Gasteiger partial charge in [-0.3, -0.25) is 0 Å². The molecule has 34 heavy (non-hydrogen) atoms. The Bertz CT molecular complexity index is 1090. The number of unbranched alkanes of at least 4 members (excludes halogenated alkanes) is 1. The van der Waals surface area contributed by atoms with Crippen molar-refractivity contribution in [1.82, 2.24) is 0 Å². The molecule has 3 aromatic rings. The second kappa shape index (κ2) is 11.3. The van der Waals surface area contributed by atoms with Crippen LogP contribution in [0.3, 0.4) is 0 Å². The number of hydrogen-bond donors (Lipinski definition) is 0. The van der Waals surface area contributed by atoms with Gasteiger partial charge in [0.15, 0.2) is 11.6 Å². The van der Waals surface area contributed by atoms with Gasteiger partial charge in [-0.05, 0) is 90.7 Å². The molecule has 0 amide bonds. The predicted octanol–water partition coefficient (Wildman–Crippen LogP) is 9.51. The lowest BCUT2D eigenvalue weighted by Gasteiger charge is -2.29. The Morgan fingerprint density at radius 2 is 1.41 bits per heavy atom. The van der Waals surface area contributed by atoms with Gasteiger partial charge in [0.2, 0.25) is 0 Å². The van der Waals surface area contributed by atoms with Crippen LogP contribution in [0.15, 0.2) is 54.6 Å². The predicted molar refractivity (Wildman–Crippen MR) is 135 cm³/mol. The Hall–Kier alpha value is -2.55. The van der Waals surface area contributed by atoms with E-state index in [-0.39, 0.29) is 17.7 Å². The van der Waals surface area contributed by atoms with Gasteiger partial charge in [-0.1, -0.05) is 75.2 Å². The SMILES string of the molecule is CCCCc1ccc(C2CCC(c3ccc(-c4ccc(CCC)cc4)c(F)c3F)CC2)cc1F. The molecule has 0 aliphatic heterocycles. The summed E-state index contributed by atoms with van der Waals surface area (Å²) in [4.78, 5) is 0. The molecule has 0 spiro atoms. The largest absolute Gasteiger partial charge is 0.207 e. The zero-order valence-corrected chi connectivity index (χ0v) is 20.3. The van der Waals surface area contributed by atoms with Crippen molar-refractivity contribution < 1.29 is 13.2 Å². The molecule has 0 radical (unpaired) electrons. The van der Waals surface area contributed by atoms with E-state index in [0.29, 0.717) is 16.7 Å². The average Bonchev–Trinajstić information content (AvgIpc) is 2.86. The molecule has 0 atom stereocenters. The highest BCUT2D eigenvalue weighted by molar-refractivity contribution is 5.65. The number of hydrogen-bond acceptors (Lipinski definition) is 0. The molecule has 1 saturated carbocycles. The van der Waals surface area contributed by atoms with Crippen molar-refractivity contribution in [2.45, 2.75) is 83.5 Å². The van der Waals surface area contributed by atoms with E-state index in [4.69, 9.17) is 0 Å². The summed E-state index contributed by atoms with van der Waals surface area (Å²) >= 11 is 0. The van der Waals surface area contributed by atoms with Gasteiger partial charge in [0.1, 0.15) is 5.82 Å². The first-order valence-electron chi connectivity index (χ1n) is 12.9. The van der Waals surface area contributed by atoms with Gasteiger partial charge < -0.3 is 0 Å². The molecule has 1 fully saturated rings. The summed E-state index contributed by atoms with van der Waals surface area (Å²) in [6.45, 7) is 4.23. The van der Waals surface area contributed by atoms with Gasteiger partial charge in [0.25, 0.3) is 0 Å². The van der Waals surface area contributed by atoms with Crippen molar-refractivity contribution in [2.24, 2.45) is 0 Å². The summed E-state index contributed by atoms with van der Waals surface area (Å²) in [7, 11) is 0. The summed E-state index contributed by atoms with van der Waals surface area (Å²) < 4.78 is 44.7. The molecule has 180 valence electrons. The van der Waals surface area contributed by atoms with Crippen LogP contribution in [-0.2, 0) is 12.8 Å². The topological polar surface area (TPSA) is 0 Å². The average molecular weight is 465 g/mol. The van der Waals surface area contributed by atoms with Crippen LogP contribution in [0.5, 0.6) is 0 Å². The Balaban J connectivity index is 1.44. The lowest BCUT2D eigenvalue weighted by atomic mass is 9.75. The van der Waals surface area contributed by atoms with E-state index in [2.05, 4.69) is 19.9 Å². The number of rotatable bonds is 8. The molecule has 1 aliphatic rings. The minimum atomic E-state index is -0.757. The maximum absolute atomic E-state index is 15.1. The van der Waals surface area contributed by atoms with Gasteiger partial charge in [0, 0.05) is 5.56 Å². The van der Waals surface area contributed by atoms with E-state index in [1.54, 1.807) is 18.2 Å². The zero-order valence-electron chi connectivity index (χ0n) is 20.3. The van der Waals surface area contributed by atoms with Crippen LogP contribution >= 0.6 is 0 Å². The van der Waals surface area contributed by atoms with Crippen molar-refractivity contribution in [3.8, 4) is 11.1 Å². The van der Waals surface area contributed by atoms with E-state index in [1.165, 1.54) is 5.56 Å². The quantitative estimate of drug-likeness (QED) is 0.311. The van der Waals surface area contributed by atoms with Gasteiger partial charge in [-0.25, -0.2) is 13.2 Å². The Kier molecular flexibility index (Phi) is 8.13. The molecule has 1 aliphatic carbocycles. The molecule has 0 N–H and O–H groups in total. The monoisotopic (exact) mass is 464 g/mol. The third kappa shape index (κ3) is 5.40. The zero-order chi connectivity index (χ0) is 24.1. The molecular weight excluding hydrogens is 429 g/mol. The first-order chi connectivity index (χ1) is 16.5. The Morgan fingerprint density at radius 3 is 2.06 bits per heavy atom. The molecule has 0 heterocycles. The van der Waals surface area contributed by atoms with Crippen molar-refractivity contribution >= 4 is 0 Å². The van der Waals surface area contributed by atoms with E-state index >= 15 is 8.78 Å². The van der Waals surface area contributed by atoms with Crippen LogP contribution in [0.2, 0.25) is 0 Å². The first-order valence-corrected chi connectivity index (χ1v) is 12.9. The molecule has 0 unspecified atom stereocenters. The highest BCUT2D eigenvalue weighted by Crippen LogP contribution is 2.42. The maximum Gasteiger partial charge on any atom is 0.166 e. The fourth-order valence-electron chi connectivity index (χ4n) is 5.37. The smallest absolute Gasteiger partial charge is 0.166 e. The molecule has 0 bridgehead atoms. The fraction of sp³-hybridized carbons (Fsp3) is 0.419. The highest BCUT2D eigenvalue weighted by Gasteiger charge is 2.27. The van der Waals surface area contributed by atoms with E-state index in [9.17, 15) is 4.39 Å². The van der Waals surface area contributed by atoms with Crippen LogP contribution in [0.25, 0.3) is 11.1 Å². The Labute approximate surface area is 202 Å². The summed E-state index contributed by atoms with van der Waals surface area (Å²) in [5.41, 5.74) is 4.52. The molecule has 3 heteroatoms. The highest BCUT2D eigenvalue weighted by atomic mass is 19.2. The summed E-state index contributed by atoms with van der Waals surface area (Å²) in [6, 6.07) is 16.9. The second-order valence-electron chi connectivity index (χ2n) is 9.78. The van der Waals surface area contributed by atoms with Crippen LogP contribution < -0.4 is 0 Å². The molecule has 0 nitrogen and oxygen atoms in total. The van der Waals surface area contributed by atoms with Gasteiger partial charge in [-0.15, -0.1) is 0 Å². The third-order valence-corrected chi connectivity index (χ3v) is 7.43. The number of halogens is 3. The Morgan fingerprint density at radius 1 is 0.706 bits per heavy atom. The molecule has 3 aromatic carbocycles. The molecule has 0 aromatic heterocycles. The van der Waals surface area contributed by atoms with Crippen LogP contribution in [0.4, 0.5) is 13.2 Å². The summed E-state index contributed by atoms with van der Waals surface area (Å²) in [5.74, 6) is -1.31. The van der Waals surface area contributed by atoms with Crippen molar-refractivity contribution in [3.05, 3.63) is 94.3 Å². The lowest BCUT2D eigenvalue weighted by Crippen LogP contribution is -2.14. The van der Waals surface area contributed by atoms with Crippen molar-refractivity contribution in [3.63, 3.8) is 0 Å². The van der Waals surface area contributed by atoms with Gasteiger partial charge in [-0.2, -0.15) is 0 Å². The summed E-state index contributed by atoms with van der Waals surface area (Å²) in [6.07, 6.45) is 8.14. The minimum absolute atomic E-state index is 0.000375. The first kappa shape index (κ1) is 24.6. The lowest BCUT2D eigenvalue weighted by molar-refractivity contribution is 0.381. The summed E-state index contributed by atoms with van der Waals surface area (Å²) in [5, 5.41) is 0. The van der Waals surface area contributed by atoms with Gasteiger partial charge in [0.05, 0.1) is 0 Å². The van der Waals surface area contributed by atoms with Gasteiger partial charge >= 0.3 is 0 Å². The molecular formula is C31H35F3. The minimum Gasteiger partial charge on any atom is -0.207 e. The van der Waals surface area contributed by atoms with Crippen molar-refractivity contribution in [2.75, 3.05) is 0 Å². The third-order valence-electron chi connectivity index (χ3n) is 7.43. The van der Waals surface area contributed by atoms with E-state index in [1.807, 2.05) is 30.3 Å². The number of aryl methyl sites for hydroxylation is 2. The second-order valence-corrected chi connectivity index (χ2v) is 9.78. The van der Waals surface area contributed by atoms with E-state index in [0.717, 1.165) is 68.9 Å². The van der Waals surface area contributed by atoms with Crippen molar-refractivity contribution in [1.29, 1.82) is 0 Å². The van der Waals surface area contributed by atoms with Crippen LogP contribution in [0, 0.1) is 17.5 Å². The maximum atomic E-state index is 15.1. The van der Waals surface area contributed by atoms with Crippen LogP contribution in [-0.4, -0.2) is 0 Å².